The molecule has 5 nitrogen and oxygen atoms in total. The first-order chi connectivity index (χ1) is 9.58. The number of rotatable bonds is 6. The Kier molecular flexibility index (Phi) is 5.33. The van der Waals surface area contributed by atoms with Crippen molar-refractivity contribution in [1.82, 2.24) is 15.2 Å². The molecule has 0 amide bonds. The molecule has 0 aromatic carbocycles. The van der Waals surface area contributed by atoms with Crippen LogP contribution in [0.2, 0.25) is 0 Å². The molecule has 108 valence electrons. The molecule has 2 N–H and O–H groups in total. The van der Waals surface area contributed by atoms with Crippen LogP contribution in [0, 0.1) is 0 Å². The summed E-state index contributed by atoms with van der Waals surface area (Å²) < 4.78 is 0.902. The first-order valence-corrected chi connectivity index (χ1v) is 8.11. The summed E-state index contributed by atoms with van der Waals surface area (Å²) in [6, 6.07) is 4.30. The van der Waals surface area contributed by atoms with Gasteiger partial charge in [0.05, 0.1) is 0 Å². The van der Waals surface area contributed by atoms with Crippen LogP contribution in [-0.4, -0.2) is 35.3 Å². The topological polar surface area (TPSA) is 67.9 Å². The first-order valence-electron chi connectivity index (χ1n) is 6.47. The van der Waals surface area contributed by atoms with E-state index < -0.39 is 0 Å². The summed E-state index contributed by atoms with van der Waals surface area (Å²) >= 11 is 3.10. The van der Waals surface area contributed by atoms with Crippen molar-refractivity contribution in [2.45, 2.75) is 35.2 Å². The van der Waals surface area contributed by atoms with Crippen LogP contribution in [0.4, 0.5) is 5.13 Å². The van der Waals surface area contributed by atoms with Gasteiger partial charge >= 0.3 is 0 Å². The third-order valence-electron chi connectivity index (χ3n) is 2.79. The molecular formula is C13H19N5S2. The third-order valence-corrected chi connectivity index (χ3v) is 4.88. The van der Waals surface area contributed by atoms with Crippen LogP contribution in [0.5, 0.6) is 0 Å². The van der Waals surface area contributed by atoms with E-state index in [1.165, 1.54) is 17.3 Å². The number of hydrogen-bond donors (Lipinski definition) is 1. The first kappa shape index (κ1) is 15.2. The Morgan fingerprint density at radius 3 is 2.70 bits per heavy atom. The number of pyridine rings is 1. The van der Waals surface area contributed by atoms with Crippen LogP contribution in [0.15, 0.2) is 27.7 Å². The molecule has 0 aliphatic rings. The summed E-state index contributed by atoms with van der Waals surface area (Å²) in [5, 5.41) is 10.1. The van der Waals surface area contributed by atoms with Crippen LogP contribution >= 0.6 is 23.1 Å². The molecule has 0 bridgehead atoms. The van der Waals surface area contributed by atoms with Gasteiger partial charge in [0.15, 0.2) is 4.34 Å². The zero-order chi connectivity index (χ0) is 14.5. The van der Waals surface area contributed by atoms with Gasteiger partial charge < -0.3 is 10.6 Å². The molecule has 0 spiro atoms. The van der Waals surface area contributed by atoms with Gasteiger partial charge in [-0.25, -0.2) is 4.98 Å². The lowest BCUT2D eigenvalue weighted by Gasteiger charge is -2.08. The molecule has 0 saturated heterocycles. The minimum Gasteiger partial charge on any atom is -0.353 e. The van der Waals surface area contributed by atoms with Gasteiger partial charge in [0.25, 0.3) is 0 Å². The lowest BCUT2D eigenvalue weighted by atomic mass is 10.1. The minimum absolute atomic E-state index is 0.209. The summed E-state index contributed by atoms with van der Waals surface area (Å²) in [6.45, 7) is 2.10. The van der Waals surface area contributed by atoms with E-state index >= 15 is 0 Å². The molecule has 0 saturated carbocycles. The van der Waals surface area contributed by atoms with E-state index in [0.29, 0.717) is 0 Å². The Hall–Kier alpha value is -1.18. The molecule has 2 aromatic heterocycles. The van der Waals surface area contributed by atoms with Crippen molar-refractivity contribution in [3.63, 3.8) is 0 Å². The molecule has 0 radical (unpaired) electrons. The van der Waals surface area contributed by atoms with Crippen molar-refractivity contribution in [2.75, 3.05) is 19.0 Å². The normalized spacial score (nSPS) is 12.4. The van der Waals surface area contributed by atoms with Gasteiger partial charge in [0.1, 0.15) is 5.03 Å². The highest BCUT2D eigenvalue weighted by molar-refractivity contribution is 8.01. The highest BCUT2D eigenvalue weighted by atomic mass is 32.2. The van der Waals surface area contributed by atoms with Gasteiger partial charge in [0.2, 0.25) is 5.13 Å². The molecule has 0 aliphatic heterocycles. The fraction of sp³-hybridized carbons (Fsp3) is 0.462. The van der Waals surface area contributed by atoms with Crippen molar-refractivity contribution in [2.24, 2.45) is 5.73 Å². The predicted molar refractivity (Wildman–Crippen MR) is 84.6 cm³/mol. The standard InChI is InChI=1S/C13H19N5S2/c1-4-10(14)7-9-5-6-11(15-8-9)19-13-17-16-12(20-13)18(2)3/h5-6,8,10H,4,7,14H2,1-3H3. The zero-order valence-electron chi connectivity index (χ0n) is 11.9. The molecule has 0 aliphatic carbocycles. The fourth-order valence-corrected chi connectivity index (χ4v) is 3.20. The average molecular weight is 309 g/mol. The summed E-state index contributed by atoms with van der Waals surface area (Å²) in [7, 11) is 3.91. The smallest absolute Gasteiger partial charge is 0.208 e. The maximum absolute atomic E-state index is 5.94. The number of anilines is 1. The van der Waals surface area contributed by atoms with Gasteiger partial charge in [0, 0.05) is 26.3 Å². The van der Waals surface area contributed by atoms with Crippen molar-refractivity contribution < 1.29 is 0 Å². The van der Waals surface area contributed by atoms with Crippen molar-refractivity contribution >= 4 is 28.2 Å². The van der Waals surface area contributed by atoms with Gasteiger partial charge in [-0.3, -0.25) is 0 Å². The van der Waals surface area contributed by atoms with Crippen LogP contribution < -0.4 is 10.6 Å². The van der Waals surface area contributed by atoms with E-state index in [2.05, 4.69) is 28.2 Å². The Bertz CT molecular complexity index is 538. The van der Waals surface area contributed by atoms with E-state index in [0.717, 1.165) is 27.3 Å². The highest BCUT2D eigenvalue weighted by Crippen LogP contribution is 2.31. The van der Waals surface area contributed by atoms with Crippen LogP contribution in [0.1, 0.15) is 18.9 Å². The number of nitrogens with zero attached hydrogens (tertiary/aromatic N) is 4. The third kappa shape index (κ3) is 4.16. The van der Waals surface area contributed by atoms with E-state index in [-0.39, 0.29) is 6.04 Å². The number of hydrogen-bond acceptors (Lipinski definition) is 7. The average Bonchev–Trinajstić information content (AvgIpc) is 2.89. The number of nitrogens with two attached hydrogens (primary N) is 1. The fourth-order valence-electron chi connectivity index (χ4n) is 1.55. The van der Waals surface area contributed by atoms with Crippen LogP contribution in [0.25, 0.3) is 0 Å². The van der Waals surface area contributed by atoms with Crippen molar-refractivity contribution in [1.29, 1.82) is 0 Å². The van der Waals surface area contributed by atoms with E-state index in [1.54, 1.807) is 11.3 Å². The molecule has 7 heteroatoms. The Balaban J connectivity index is 1.99. The molecule has 2 rings (SSSR count). The molecule has 1 atom stereocenters. The van der Waals surface area contributed by atoms with Crippen LogP contribution in [-0.2, 0) is 6.42 Å². The summed E-state index contributed by atoms with van der Waals surface area (Å²) in [5.41, 5.74) is 7.12. The Labute approximate surface area is 127 Å². The highest BCUT2D eigenvalue weighted by Gasteiger charge is 2.08. The summed E-state index contributed by atoms with van der Waals surface area (Å²) in [4.78, 5) is 6.40. The molecule has 20 heavy (non-hydrogen) atoms. The van der Waals surface area contributed by atoms with Gasteiger partial charge in [-0.1, -0.05) is 24.3 Å². The van der Waals surface area contributed by atoms with Crippen LogP contribution in [0.3, 0.4) is 0 Å². The molecule has 2 aromatic rings. The second-order valence-corrected chi connectivity index (χ2v) is 6.95. The predicted octanol–water partition coefficient (Wildman–Crippen LogP) is 2.43. The quantitative estimate of drug-likeness (QED) is 0.884. The number of aromatic nitrogens is 3. The maximum atomic E-state index is 5.94. The second-order valence-electron chi connectivity index (χ2n) is 4.72. The summed E-state index contributed by atoms with van der Waals surface area (Å²) in [5.74, 6) is 0. The minimum atomic E-state index is 0.209. The largest absolute Gasteiger partial charge is 0.353 e. The van der Waals surface area contributed by atoms with Crippen molar-refractivity contribution in [3.05, 3.63) is 23.9 Å². The molecule has 1 unspecified atom stereocenters. The SMILES string of the molecule is CCC(N)Cc1ccc(Sc2nnc(N(C)C)s2)nc1. The maximum Gasteiger partial charge on any atom is 0.208 e. The Morgan fingerprint density at radius 1 is 1.35 bits per heavy atom. The summed E-state index contributed by atoms with van der Waals surface area (Å²) in [6.07, 6.45) is 3.75. The van der Waals surface area contributed by atoms with Gasteiger partial charge in [-0.05, 0) is 36.2 Å². The van der Waals surface area contributed by atoms with Gasteiger partial charge in [-0.15, -0.1) is 10.2 Å². The van der Waals surface area contributed by atoms with E-state index in [4.69, 9.17) is 5.73 Å². The Morgan fingerprint density at radius 2 is 2.15 bits per heavy atom. The van der Waals surface area contributed by atoms with E-state index in [1.807, 2.05) is 31.3 Å². The monoisotopic (exact) mass is 309 g/mol. The lowest BCUT2D eigenvalue weighted by Crippen LogP contribution is -2.21. The van der Waals surface area contributed by atoms with Crippen molar-refractivity contribution in [3.8, 4) is 0 Å². The van der Waals surface area contributed by atoms with Gasteiger partial charge in [-0.2, -0.15) is 0 Å². The molecular weight excluding hydrogens is 290 g/mol. The zero-order valence-corrected chi connectivity index (χ0v) is 13.5. The lowest BCUT2D eigenvalue weighted by molar-refractivity contribution is 0.644. The molecule has 0 fully saturated rings. The van der Waals surface area contributed by atoms with E-state index in [9.17, 15) is 0 Å². The second kappa shape index (κ2) is 7.01. The molecule has 2 heterocycles.